The second-order valence-corrected chi connectivity index (χ2v) is 7.78. The van der Waals surface area contributed by atoms with Crippen molar-refractivity contribution in [2.45, 2.75) is 18.9 Å². The number of aromatic nitrogens is 2. The van der Waals surface area contributed by atoms with Gasteiger partial charge in [0.05, 0.1) is 11.8 Å². The minimum Gasteiger partial charge on any atom is -0.472 e. The molecule has 0 aliphatic carbocycles. The molecular weight excluding hydrogens is 392 g/mol. The number of imidazole rings is 1. The summed E-state index contributed by atoms with van der Waals surface area (Å²) in [6.45, 7) is 1.83. The van der Waals surface area contributed by atoms with Gasteiger partial charge < -0.3 is 19.0 Å². The molecule has 1 aliphatic rings. The largest absolute Gasteiger partial charge is 0.472 e. The summed E-state index contributed by atoms with van der Waals surface area (Å²) in [6.07, 6.45) is 9.47. The number of carbonyl (C=O) groups is 2. The number of benzene rings is 1. The molecule has 31 heavy (non-hydrogen) atoms. The Labute approximate surface area is 179 Å². The van der Waals surface area contributed by atoms with Crippen LogP contribution >= 0.6 is 0 Å². The molecule has 3 aromatic heterocycles. The van der Waals surface area contributed by atoms with E-state index in [9.17, 15) is 9.59 Å². The highest BCUT2D eigenvalue weighted by Gasteiger charge is 2.28. The highest BCUT2D eigenvalue weighted by atomic mass is 16.3. The Bertz CT molecular complexity index is 1210. The Kier molecular flexibility index (Phi) is 5.00. The first-order chi connectivity index (χ1) is 15.2. The van der Waals surface area contributed by atoms with Crippen LogP contribution in [0.2, 0.25) is 0 Å². The third kappa shape index (κ3) is 3.94. The number of amides is 2. The molecule has 1 aliphatic heterocycles. The first-order valence-corrected chi connectivity index (χ1v) is 10.3. The van der Waals surface area contributed by atoms with E-state index in [2.05, 4.69) is 10.3 Å². The molecule has 7 heteroatoms. The summed E-state index contributed by atoms with van der Waals surface area (Å²) in [5.41, 5.74) is 4.20. The number of pyridine rings is 1. The normalized spacial score (nSPS) is 16.0. The average molecular weight is 414 g/mol. The summed E-state index contributed by atoms with van der Waals surface area (Å²) in [4.78, 5) is 31.1. The van der Waals surface area contributed by atoms with Gasteiger partial charge in [0.2, 0.25) is 0 Å². The Morgan fingerprint density at radius 3 is 2.77 bits per heavy atom. The molecule has 1 N–H and O–H groups in total. The van der Waals surface area contributed by atoms with Crippen molar-refractivity contribution in [2.75, 3.05) is 13.1 Å². The summed E-state index contributed by atoms with van der Waals surface area (Å²) >= 11 is 0. The SMILES string of the molecule is O=C(NCc1ccn2ccnc2c1)c1ccc([C@@H]2CCN(C(=O)c3ccoc3)C2)cc1. The van der Waals surface area contributed by atoms with Gasteiger partial charge in [-0.2, -0.15) is 0 Å². The molecule has 1 fully saturated rings. The van der Waals surface area contributed by atoms with Crippen molar-refractivity contribution in [1.29, 1.82) is 0 Å². The van der Waals surface area contributed by atoms with Gasteiger partial charge in [0.25, 0.3) is 11.8 Å². The number of nitrogens with zero attached hydrogens (tertiary/aromatic N) is 3. The monoisotopic (exact) mass is 414 g/mol. The van der Waals surface area contributed by atoms with Crippen LogP contribution in [0.15, 0.2) is 78.0 Å². The van der Waals surface area contributed by atoms with Crippen LogP contribution in [0.3, 0.4) is 0 Å². The predicted octanol–water partition coefficient (Wildman–Crippen LogP) is 3.49. The molecule has 1 atom stereocenters. The van der Waals surface area contributed by atoms with Crippen molar-refractivity contribution < 1.29 is 14.0 Å². The van der Waals surface area contributed by atoms with E-state index in [1.54, 1.807) is 12.3 Å². The Morgan fingerprint density at radius 1 is 1.10 bits per heavy atom. The summed E-state index contributed by atoms with van der Waals surface area (Å²) in [5.74, 6) is 0.160. The van der Waals surface area contributed by atoms with Gasteiger partial charge in [-0.15, -0.1) is 0 Å². The molecule has 1 aromatic carbocycles. The Morgan fingerprint density at radius 2 is 1.97 bits per heavy atom. The molecular formula is C24H22N4O3. The topological polar surface area (TPSA) is 79.9 Å². The van der Waals surface area contributed by atoms with Gasteiger partial charge in [0.15, 0.2) is 0 Å². The van der Waals surface area contributed by atoms with Crippen molar-refractivity contribution in [2.24, 2.45) is 0 Å². The first-order valence-electron chi connectivity index (χ1n) is 10.3. The van der Waals surface area contributed by atoms with Crippen LogP contribution in [0.4, 0.5) is 0 Å². The van der Waals surface area contributed by atoms with Gasteiger partial charge in [-0.05, 0) is 47.9 Å². The molecule has 1 saturated heterocycles. The minimum absolute atomic E-state index is 0.000726. The molecule has 4 aromatic rings. The van der Waals surface area contributed by atoms with Gasteiger partial charge in [-0.3, -0.25) is 9.59 Å². The number of hydrogen-bond donors (Lipinski definition) is 1. The summed E-state index contributed by atoms with van der Waals surface area (Å²) < 4.78 is 6.94. The molecule has 0 saturated carbocycles. The van der Waals surface area contributed by atoms with E-state index in [1.807, 2.05) is 58.1 Å². The summed E-state index contributed by atoms with van der Waals surface area (Å²) in [5, 5.41) is 2.96. The second kappa shape index (κ2) is 8.10. The average Bonchev–Trinajstić information content (AvgIpc) is 3.58. The van der Waals surface area contributed by atoms with Gasteiger partial charge in [0, 0.05) is 49.7 Å². The maximum atomic E-state index is 12.5. The van der Waals surface area contributed by atoms with Gasteiger partial charge in [-0.1, -0.05) is 12.1 Å². The molecule has 0 radical (unpaired) electrons. The van der Waals surface area contributed by atoms with Crippen LogP contribution in [0, 0.1) is 0 Å². The molecule has 2 amide bonds. The molecule has 0 spiro atoms. The summed E-state index contributed by atoms with van der Waals surface area (Å²) in [7, 11) is 0. The molecule has 156 valence electrons. The zero-order valence-corrected chi connectivity index (χ0v) is 16.9. The van der Waals surface area contributed by atoms with Crippen molar-refractivity contribution in [1.82, 2.24) is 19.6 Å². The van der Waals surface area contributed by atoms with Crippen molar-refractivity contribution in [3.05, 3.63) is 95.8 Å². The number of nitrogens with one attached hydrogen (secondary N) is 1. The van der Waals surface area contributed by atoms with Crippen LogP contribution in [0.5, 0.6) is 0 Å². The third-order valence-electron chi connectivity index (χ3n) is 5.80. The van der Waals surface area contributed by atoms with E-state index in [0.29, 0.717) is 24.2 Å². The lowest BCUT2D eigenvalue weighted by molar-refractivity contribution is 0.0789. The molecule has 0 bridgehead atoms. The highest BCUT2D eigenvalue weighted by molar-refractivity contribution is 5.94. The number of likely N-dealkylation sites (tertiary alicyclic amines) is 1. The van der Waals surface area contributed by atoms with E-state index in [1.165, 1.54) is 12.5 Å². The van der Waals surface area contributed by atoms with E-state index in [-0.39, 0.29) is 17.7 Å². The Balaban J connectivity index is 1.18. The summed E-state index contributed by atoms with van der Waals surface area (Å²) in [6, 6.07) is 13.3. The lowest BCUT2D eigenvalue weighted by Crippen LogP contribution is -2.28. The van der Waals surface area contributed by atoms with Crippen molar-refractivity contribution >= 4 is 17.5 Å². The molecule has 4 heterocycles. The van der Waals surface area contributed by atoms with Gasteiger partial charge in [-0.25, -0.2) is 4.98 Å². The fourth-order valence-electron chi connectivity index (χ4n) is 4.04. The number of carbonyl (C=O) groups excluding carboxylic acids is 2. The van der Waals surface area contributed by atoms with Crippen LogP contribution in [-0.2, 0) is 6.54 Å². The molecule has 0 unspecified atom stereocenters. The standard InChI is InChI=1S/C24H22N4O3/c29-23(26-14-17-5-9-27-11-8-25-22(27)13-17)19-3-1-18(2-4-19)20-6-10-28(15-20)24(30)21-7-12-31-16-21/h1-5,7-9,11-13,16,20H,6,10,14-15H2,(H,26,29)/t20-/m1/s1. The lowest BCUT2D eigenvalue weighted by Gasteiger charge is -2.16. The maximum absolute atomic E-state index is 12.5. The van der Waals surface area contributed by atoms with Crippen LogP contribution in [-0.4, -0.2) is 39.2 Å². The van der Waals surface area contributed by atoms with E-state index < -0.39 is 0 Å². The second-order valence-electron chi connectivity index (χ2n) is 7.78. The van der Waals surface area contributed by atoms with Gasteiger partial charge in [0.1, 0.15) is 11.9 Å². The first kappa shape index (κ1) is 19.1. The van der Waals surface area contributed by atoms with Crippen molar-refractivity contribution in [3.63, 3.8) is 0 Å². The zero-order valence-electron chi connectivity index (χ0n) is 16.9. The Hall–Kier alpha value is -3.87. The van der Waals surface area contributed by atoms with E-state index in [0.717, 1.165) is 29.7 Å². The fourth-order valence-corrected chi connectivity index (χ4v) is 4.04. The number of fused-ring (bicyclic) bond motifs is 1. The predicted molar refractivity (Wildman–Crippen MR) is 115 cm³/mol. The third-order valence-corrected chi connectivity index (χ3v) is 5.80. The van der Waals surface area contributed by atoms with Crippen molar-refractivity contribution in [3.8, 4) is 0 Å². The number of rotatable bonds is 5. The van der Waals surface area contributed by atoms with Crippen LogP contribution < -0.4 is 5.32 Å². The fraction of sp³-hybridized carbons (Fsp3) is 0.208. The van der Waals surface area contributed by atoms with Gasteiger partial charge >= 0.3 is 0 Å². The molecule has 5 rings (SSSR count). The molecule has 7 nitrogen and oxygen atoms in total. The van der Waals surface area contributed by atoms with Crippen LogP contribution in [0.25, 0.3) is 5.65 Å². The number of hydrogen-bond acceptors (Lipinski definition) is 4. The minimum atomic E-state index is -0.113. The van der Waals surface area contributed by atoms with E-state index in [4.69, 9.17) is 4.42 Å². The highest BCUT2D eigenvalue weighted by Crippen LogP contribution is 2.28. The maximum Gasteiger partial charge on any atom is 0.257 e. The smallest absolute Gasteiger partial charge is 0.257 e. The number of furan rings is 1. The zero-order chi connectivity index (χ0) is 21.2. The quantitative estimate of drug-likeness (QED) is 0.542. The van der Waals surface area contributed by atoms with E-state index >= 15 is 0 Å². The van der Waals surface area contributed by atoms with Crippen LogP contribution in [0.1, 0.15) is 44.2 Å². The lowest BCUT2D eigenvalue weighted by atomic mass is 9.97.